The Kier molecular flexibility index (Phi) is 9.64. The van der Waals surface area contributed by atoms with Gasteiger partial charge in [0.25, 0.3) is 5.56 Å². The first-order valence-electron chi connectivity index (χ1n) is 18.5. The van der Waals surface area contributed by atoms with Crippen molar-refractivity contribution in [3.05, 3.63) is 196 Å². The highest BCUT2D eigenvalue weighted by atomic mass is 16.1. The number of aromatic nitrogens is 6. The van der Waals surface area contributed by atoms with Crippen LogP contribution in [-0.4, -0.2) is 36.8 Å². The van der Waals surface area contributed by atoms with Crippen molar-refractivity contribution in [2.75, 3.05) is 12.4 Å². The molecule has 266 valence electrons. The second-order valence-corrected chi connectivity index (χ2v) is 13.5. The van der Waals surface area contributed by atoms with Gasteiger partial charge in [-0.2, -0.15) is 0 Å². The lowest BCUT2D eigenvalue weighted by Crippen LogP contribution is -2.39. The van der Waals surface area contributed by atoms with Crippen LogP contribution in [0.1, 0.15) is 47.8 Å². The minimum absolute atomic E-state index is 0.0248. The van der Waals surface area contributed by atoms with E-state index in [1.807, 2.05) is 64.8 Å². The van der Waals surface area contributed by atoms with Crippen LogP contribution in [-0.2, 0) is 18.5 Å². The van der Waals surface area contributed by atoms with Gasteiger partial charge in [0.05, 0.1) is 17.4 Å². The van der Waals surface area contributed by atoms with Gasteiger partial charge in [-0.3, -0.25) is 9.36 Å². The topological polar surface area (TPSA) is 90.5 Å². The Morgan fingerprint density at radius 3 is 1.87 bits per heavy atom. The summed E-state index contributed by atoms with van der Waals surface area (Å²) in [6.45, 7) is 2.58. The molecule has 0 aliphatic heterocycles. The van der Waals surface area contributed by atoms with E-state index in [4.69, 9.17) is 15.3 Å². The van der Waals surface area contributed by atoms with Crippen molar-refractivity contribution < 1.29 is 0 Å². The molecule has 0 amide bonds. The van der Waals surface area contributed by atoms with E-state index in [9.17, 15) is 4.79 Å². The maximum atomic E-state index is 13.9. The van der Waals surface area contributed by atoms with Gasteiger partial charge in [-0.25, -0.2) is 9.67 Å². The number of tetrazole rings is 1. The van der Waals surface area contributed by atoms with E-state index >= 15 is 0 Å². The molecular weight excluding hydrogens is 667 g/mol. The van der Waals surface area contributed by atoms with Crippen LogP contribution in [0.25, 0.3) is 33.4 Å². The molecule has 1 N–H and O–H groups in total. The average Bonchev–Trinajstić information content (AvgIpc) is 3.73. The third kappa shape index (κ3) is 6.26. The molecule has 0 aliphatic rings. The van der Waals surface area contributed by atoms with Crippen LogP contribution in [0.5, 0.6) is 0 Å². The zero-order chi connectivity index (χ0) is 36.9. The normalized spacial score (nSPS) is 11.5. The first-order valence-corrected chi connectivity index (χ1v) is 18.5. The van der Waals surface area contributed by atoms with Crippen LogP contribution >= 0.6 is 0 Å². The highest BCUT2D eigenvalue weighted by molar-refractivity contribution is 5.82. The molecule has 8 rings (SSSR count). The number of hydrogen-bond acceptors (Lipinski definition) is 6. The summed E-state index contributed by atoms with van der Waals surface area (Å²) in [6, 6.07) is 53.7. The van der Waals surface area contributed by atoms with Crippen molar-refractivity contribution in [2.24, 2.45) is 0 Å². The number of nitrogens with zero attached hydrogens (tertiary/aromatic N) is 6. The van der Waals surface area contributed by atoms with E-state index in [-0.39, 0.29) is 5.56 Å². The van der Waals surface area contributed by atoms with Crippen LogP contribution in [0.15, 0.2) is 163 Å². The summed E-state index contributed by atoms with van der Waals surface area (Å²) in [7, 11) is 1.86. The summed E-state index contributed by atoms with van der Waals surface area (Å²) < 4.78 is 3.81. The predicted molar refractivity (Wildman–Crippen MR) is 217 cm³/mol. The lowest BCUT2D eigenvalue weighted by Gasteiger charge is -2.36. The Morgan fingerprint density at radius 1 is 0.685 bits per heavy atom. The lowest BCUT2D eigenvalue weighted by atomic mass is 9.77. The summed E-state index contributed by atoms with van der Waals surface area (Å²) >= 11 is 0. The van der Waals surface area contributed by atoms with E-state index < -0.39 is 5.54 Å². The molecule has 0 aliphatic carbocycles. The Bertz CT molecular complexity index is 2470. The van der Waals surface area contributed by atoms with Crippen molar-refractivity contribution in [3.8, 4) is 22.5 Å². The van der Waals surface area contributed by atoms with Gasteiger partial charge in [0, 0.05) is 24.7 Å². The molecule has 0 spiro atoms. The maximum Gasteiger partial charge on any atom is 0.261 e. The van der Waals surface area contributed by atoms with Gasteiger partial charge in [0.15, 0.2) is 5.82 Å². The SMILES string of the molecule is CCCCc1nc2ccc(NC)cc2c(=O)n1Cc1ccc(-c2ccccc2-c2nnnn2C(c2ccccc2)(c2ccccc2)c2ccccc2)cc1. The third-order valence-corrected chi connectivity index (χ3v) is 10.2. The van der Waals surface area contributed by atoms with Crippen molar-refractivity contribution in [3.63, 3.8) is 0 Å². The van der Waals surface area contributed by atoms with Crippen LogP contribution in [0.4, 0.5) is 5.69 Å². The summed E-state index contributed by atoms with van der Waals surface area (Å²) in [5.41, 5.74) is 7.77. The summed E-state index contributed by atoms with van der Waals surface area (Å²) in [5, 5.41) is 17.6. The van der Waals surface area contributed by atoms with Crippen molar-refractivity contribution in [2.45, 2.75) is 38.3 Å². The number of nitrogens with one attached hydrogen (secondary N) is 1. The highest BCUT2D eigenvalue weighted by Crippen LogP contribution is 2.43. The standard InChI is InChI=1S/C46H41N7O/c1-3-4-24-43-48-42-30-29-38(47-2)31-41(42)45(54)52(43)32-33-25-27-34(28-26-33)39-22-14-15-23-40(39)44-49-50-51-53(44)46(35-16-8-5-9-17-35,36-18-10-6-11-19-36)37-20-12-7-13-21-37/h5-23,25-31,47H,3-4,24,32H2,1-2H3. The van der Waals surface area contributed by atoms with Crippen LogP contribution < -0.4 is 10.9 Å². The Balaban J connectivity index is 1.22. The summed E-state index contributed by atoms with van der Waals surface area (Å²) in [4.78, 5) is 18.9. The van der Waals surface area contributed by atoms with Crippen LogP contribution in [0.2, 0.25) is 0 Å². The van der Waals surface area contributed by atoms with Crippen molar-refractivity contribution in [1.29, 1.82) is 0 Å². The van der Waals surface area contributed by atoms with Crippen molar-refractivity contribution >= 4 is 16.6 Å². The minimum atomic E-state index is -0.871. The Morgan fingerprint density at radius 2 is 1.28 bits per heavy atom. The molecule has 8 nitrogen and oxygen atoms in total. The maximum absolute atomic E-state index is 13.9. The molecular formula is C46H41N7O. The quantitative estimate of drug-likeness (QED) is 0.128. The average molecular weight is 708 g/mol. The molecule has 8 aromatic rings. The molecule has 8 heteroatoms. The first kappa shape index (κ1) is 34.4. The number of unbranched alkanes of at least 4 members (excludes halogenated alkanes) is 1. The fraction of sp³-hybridized carbons (Fsp3) is 0.152. The van der Waals surface area contributed by atoms with Gasteiger partial charge >= 0.3 is 0 Å². The number of hydrogen-bond donors (Lipinski definition) is 1. The van der Waals surface area contributed by atoms with Gasteiger partial charge in [-0.15, -0.1) is 5.10 Å². The number of rotatable bonds is 12. The molecule has 2 aromatic heterocycles. The number of aryl methyl sites for hydroxylation is 1. The van der Waals surface area contributed by atoms with Crippen molar-refractivity contribution in [1.82, 2.24) is 29.8 Å². The fourth-order valence-corrected chi connectivity index (χ4v) is 7.50. The van der Waals surface area contributed by atoms with Gasteiger partial charge in [0.1, 0.15) is 11.4 Å². The van der Waals surface area contributed by atoms with E-state index in [2.05, 4.69) is 127 Å². The molecule has 0 radical (unpaired) electrons. The van der Waals surface area contributed by atoms with Crippen LogP contribution in [0.3, 0.4) is 0 Å². The number of anilines is 1. The largest absolute Gasteiger partial charge is 0.388 e. The second-order valence-electron chi connectivity index (χ2n) is 13.5. The molecule has 0 unspecified atom stereocenters. The fourth-order valence-electron chi connectivity index (χ4n) is 7.50. The monoisotopic (exact) mass is 707 g/mol. The van der Waals surface area contributed by atoms with E-state index in [0.717, 1.165) is 75.2 Å². The first-order chi connectivity index (χ1) is 26.6. The Labute approximate surface area is 314 Å². The molecule has 0 saturated heterocycles. The summed E-state index contributed by atoms with van der Waals surface area (Å²) in [6.07, 6.45) is 2.72. The van der Waals surface area contributed by atoms with Gasteiger partial charge in [0.2, 0.25) is 0 Å². The zero-order valence-corrected chi connectivity index (χ0v) is 30.4. The molecule has 0 bridgehead atoms. The lowest BCUT2D eigenvalue weighted by molar-refractivity contribution is 0.451. The molecule has 2 heterocycles. The van der Waals surface area contributed by atoms with E-state index in [1.54, 1.807) is 0 Å². The molecule has 0 saturated carbocycles. The number of benzene rings is 6. The van der Waals surface area contributed by atoms with Gasteiger partial charge < -0.3 is 5.32 Å². The summed E-state index contributed by atoms with van der Waals surface area (Å²) in [5.74, 6) is 1.45. The molecule has 6 aromatic carbocycles. The van der Waals surface area contributed by atoms with Crippen LogP contribution in [0, 0.1) is 0 Å². The predicted octanol–water partition coefficient (Wildman–Crippen LogP) is 8.99. The number of fused-ring (bicyclic) bond motifs is 1. The highest BCUT2D eigenvalue weighted by Gasteiger charge is 2.42. The zero-order valence-electron chi connectivity index (χ0n) is 30.4. The van der Waals surface area contributed by atoms with E-state index in [1.165, 1.54) is 0 Å². The smallest absolute Gasteiger partial charge is 0.261 e. The minimum Gasteiger partial charge on any atom is -0.388 e. The van der Waals surface area contributed by atoms with Gasteiger partial charge in [-0.05, 0) is 68.4 Å². The Hall–Kier alpha value is -6.67. The second kappa shape index (κ2) is 15.1. The third-order valence-electron chi connectivity index (χ3n) is 10.2. The molecule has 0 fully saturated rings. The van der Waals surface area contributed by atoms with Gasteiger partial charge in [-0.1, -0.05) is 153 Å². The molecule has 54 heavy (non-hydrogen) atoms. The van der Waals surface area contributed by atoms with E-state index in [0.29, 0.717) is 17.8 Å². The molecule has 0 atom stereocenters.